The Labute approximate surface area is 120 Å². The van der Waals surface area contributed by atoms with Crippen molar-refractivity contribution in [1.29, 1.82) is 0 Å². The number of aromatic nitrogens is 2. The summed E-state index contributed by atoms with van der Waals surface area (Å²) in [6, 6.07) is 0. The zero-order valence-corrected chi connectivity index (χ0v) is 12.9. The van der Waals surface area contributed by atoms with Crippen LogP contribution in [0, 0.1) is 0 Å². The van der Waals surface area contributed by atoms with Crippen molar-refractivity contribution in [3.8, 4) is 0 Å². The predicted molar refractivity (Wildman–Crippen MR) is 77.1 cm³/mol. The van der Waals surface area contributed by atoms with E-state index in [1.54, 1.807) is 4.68 Å². The maximum absolute atomic E-state index is 12.0. The van der Waals surface area contributed by atoms with E-state index in [0.717, 1.165) is 13.0 Å². The highest BCUT2D eigenvalue weighted by Gasteiger charge is 2.15. The van der Waals surface area contributed by atoms with E-state index in [2.05, 4.69) is 15.1 Å². The Hall–Kier alpha value is -0.960. The van der Waals surface area contributed by atoms with Gasteiger partial charge in [-0.2, -0.15) is 5.10 Å². The first-order valence-corrected chi connectivity index (χ1v) is 8.33. The Bertz CT molecular complexity index is 473. The molecule has 0 aliphatic heterocycles. The molecule has 0 atom stereocenters. The van der Waals surface area contributed by atoms with E-state index < -0.39 is 10.0 Å². The highest BCUT2D eigenvalue weighted by molar-refractivity contribution is 7.89. The number of nitrogens with one attached hydrogen (secondary N) is 2. The first-order valence-electron chi connectivity index (χ1n) is 6.84. The molecule has 0 aromatic carbocycles. The minimum atomic E-state index is -3.47. The molecule has 20 heavy (non-hydrogen) atoms. The van der Waals surface area contributed by atoms with Crippen LogP contribution in [0.2, 0.25) is 0 Å². The van der Waals surface area contributed by atoms with E-state index in [4.69, 9.17) is 4.74 Å². The van der Waals surface area contributed by atoms with Gasteiger partial charge in [0.05, 0.1) is 12.7 Å². The normalized spacial score (nSPS) is 11.9. The van der Waals surface area contributed by atoms with E-state index in [1.807, 2.05) is 14.0 Å². The monoisotopic (exact) mass is 304 g/mol. The summed E-state index contributed by atoms with van der Waals surface area (Å²) in [6.45, 7) is 5.06. The molecule has 7 nitrogen and oxygen atoms in total. The van der Waals surface area contributed by atoms with Gasteiger partial charge in [-0.25, -0.2) is 13.1 Å². The average Bonchev–Trinajstić information content (AvgIpc) is 2.90. The molecule has 0 bridgehead atoms. The third kappa shape index (κ3) is 6.00. The van der Waals surface area contributed by atoms with Crippen LogP contribution in [0.1, 0.15) is 19.8 Å². The minimum Gasteiger partial charge on any atom is -0.381 e. The molecule has 1 rings (SSSR count). The second-order valence-corrected chi connectivity index (χ2v) is 6.17. The van der Waals surface area contributed by atoms with Crippen LogP contribution in [0.5, 0.6) is 0 Å². The predicted octanol–water partition coefficient (Wildman–Crippen LogP) is 0.198. The second-order valence-electron chi connectivity index (χ2n) is 4.41. The van der Waals surface area contributed by atoms with Gasteiger partial charge in [-0.05, 0) is 19.9 Å². The summed E-state index contributed by atoms with van der Waals surface area (Å²) < 4.78 is 33.4. The molecule has 0 aliphatic carbocycles. The van der Waals surface area contributed by atoms with Crippen LogP contribution in [0.4, 0.5) is 0 Å². The Morgan fingerprint density at radius 2 is 2.15 bits per heavy atom. The van der Waals surface area contributed by atoms with Crippen LogP contribution in [-0.2, 0) is 21.3 Å². The van der Waals surface area contributed by atoms with Crippen LogP contribution in [0.15, 0.2) is 17.3 Å². The fourth-order valence-corrected chi connectivity index (χ4v) is 2.57. The molecular formula is C12H24N4O3S. The third-order valence-corrected chi connectivity index (χ3v) is 4.03. The quantitative estimate of drug-likeness (QED) is 0.570. The van der Waals surface area contributed by atoms with Gasteiger partial charge in [-0.3, -0.25) is 4.68 Å². The highest BCUT2D eigenvalue weighted by atomic mass is 32.2. The van der Waals surface area contributed by atoms with Crippen LogP contribution in [-0.4, -0.2) is 51.5 Å². The van der Waals surface area contributed by atoms with Gasteiger partial charge in [-0.15, -0.1) is 0 Å². The van der Waals surface area contributed by atoms with E-state index in [-0.39, 0.29) is 4.90 Å². The molecule has 0 fully saturated rings. The molecule has 2 N–H and O–H groups in total. The number of sulfonamides is 1. The van der Waals surface area contributed by atoms with E-state index in [0.29, 0.717) is 32.7 Å². The lowest BCUT2D eigenvalue weighted by molar-refractivity contribution is 0.133. The van der Waals surface area contributed by atoms with Gasteiger partial charge in [0, 0.05) is 32.5 Å². The molecule has 8 heteroatoms. The fraction of sp³-hybridized carbons (Fsp3) is 0.750. The third-order valence-electron chi connectivity index (χ3n) is 2.62. The number of rotatable bonds is 11. The lowest BCUT2D eigenvalue weighted by Crippen LogP contribution is -2.25. The van der Waals surface area contributed by atoms with Crippen LogP contribution >= 0.6 is 0 Å². The lowest BCUT2D eigenvalue weighted by atomic mass is 10.4. The molecule has 0 spiro atoms. The van der Waals surface area contributed by atoms with Crippen molar-refractivity contribution in [2.24, 2.45) is 0 Å². The Kier molecular flexibility index (Phi) is 7.75. The van der Waals surface area contributed by atoms with E-state index >= 15 is 0 Å². The van der Waals surface area contributed by atoms with Gasteiger partial charge < -0.3 is 10.1 Å². The standard InChI is InChI=1S/C12H24N4O3S/c1-3-8-19-9-4-5-15-20(17,18)12-10-14-16(11-12)7-6-13-2/h10-11,13,15H,3-9H2,1-2H3. The molecule has 0 radical (unpaired) electrons. The second kappa shape index (κ2) is 9.06. The highest BCUT2D eigenvalue weighted by Crippen LogP contribution is 2.06. The van der Waals surface area contributed by atoms with Gasteiger partial charge in [0.1, 0.15) is 4.90 Å². The van der Waals surface area contributed by atoms with Crippen molar-refractivity contribution in [2.75, 3.05) is 33.4 Å². The molecule has 0 amide bonds. The van der Waals surface area contributed by atoms with Crippen molar-refractivity contribution in [3.05, 3.63) is 12.4 Å². The Balaban J connectivity index is 2.38. The van der Waals surface area contributed by atoms with Gasteiger partial charge in [0.15, 0.2) is 0 Å². The van der Waals surface area contributed by atoms with Gasteiger partial charge in [0.2, 0.25) is 10.0 Å². The maximum atomic E-state index is 12.0. The molecule has 1 heterocycles. The van der Waals surface area contributed by atoms with E-state index in [1.165, 1.54) is 12.4 Å². The first kappa shape index (κ1) is 17.1. The molecule has 0 aliphatic rings. The molecule has 0 unspecified atom stereocenters. The molecule has 1 aromatic heterocycles. The van der Waals surface area contributed by atoms with Crippen molar-refractivity contribution in [3.63, 3.8) is 0 Å². The molecular weight excluding hydrogens is 280 g/mol. The molecule has 0 saturated carbocycles. The fourth-order valence-electron chi connectivity index (χ4n) is 1.54. The zero-order valence-electron chi connectivity index (χ0n) is 12.1. The largest absolute Gasteiger partial charge is 0.381 e. The number of nitrogens with zero attached hydrogens (tertiary/aromatic N) is 2. The van der Waals surface area contributed by atoms with E-state index in [9.17, 15) is 8.42 Å². The number of likely N-dealkylation sites (N-methyl/N-ethyl adjacent to an activating group) is 1. The number of ether oxygens (including phenoxy) is 1. The number of hydrogen-bond acceptors (Lipinski definition) is 5. The van der Waals surface area contributed by atoms with Gasteiger partial charge in [-0.1, -0.05) is 6.92 Å². The molecule has 116 valence electrons. The van der Waals surface area contributed by atoms with Crippen LogP contribution in [0.3, 0.4) is 0 Å². The summed E-state index contributed by atoms with van der Waals surface area (Å²) >= 11 is 0. The zero-order chi connectivity index (χ0) is 14.8. The van der Waals surface area contributed by atoms with Crippen molar-refractivity contribution in [2.45, 2.75) is 31.2 Å². The van der Waals surface area contributed by atoms with Crippen molar-refractivity contribution in [1.82, 2.24) is 19.8 Å². The van der Waals surface area contributed by atoms with Gasteiger partial charge in [0.25, 0.3) is 0 Å². The van der Waals surface area contributed by atoms with Crippen molar-refractivity contribution < 1.29 is 13.2 Å². The lowest BCUT2D eigenvalue weighted by Gasteiger charge is -2.05. The Morgan fingerprint density at radius 3 is 2.85 bits per heavy atom. The SMILES string of the molecule is CCCOCCCNS(=O)(=O)c1cnn(CCNC)c1. The summed E-state index contributed by atoms with van der Waals surface area (Å²) in [5.74, 6) is 0. The summed E-state index contributed by atoms with van der Waals surface area (Å²) in [5.41, 5.74) is 0. The topological polar surface area (TPSA) is 85.2 Å². The van der Waals surface area contributed by atoms with Crippen molar-refractivity contribution >= 4 is 10.0 Å². The summed E-state index contributed by atoms with van der Waals surface area (Å²) in [4.78, 5) is 0.197. The number of hydrogen-bond donors (Lipinski definition) is 2. The minimum absolute atomic E-state index is 0.197. The maximum Gasteiger partial charge on any atom is 0.243 e. The molecule has 0 saturated heterocycles. The van der Waals surface area contributed by atoms with Gasteiger partial charge >= 0.3 is 0 Å². The van der Waals surface area contributed by atoms with Crippen LogP contribution < -0.4 is 10.0 Å². The summed E-state index contributed by atoms with van der Waals surface area (Å²) in [6.07, 6.45) is 4.53. The van der Waals surface area contributed by atoms with Crippen LogP contribution in [0.25, 0.3) is 0 Å². The molecule has 1 aromatic rings. The Morgan fingerprint density at radius 1 is 1.35 bits per heavy atom. The summed E-state index contributed by atoms with van der Waals surface area (Å²) in [5, 5.41) is 7.00. The average molecular weight is 304 g/mol. The smallest absolute Gasteiger partial charge is 0.243 e. The first-order chi connectivity index (χ1) is 9.60. The summed E-state index contributed by atoms with van der Waals surface area (Å²) in [7, 11) is -1.63.